The van der Waals surface area contributed by atoms with Gasteiger partial charge in [0.05, 0.1) is 11.5 Å². The number of hydrogen-bond acceptors (Lipinski definition) is 6. The van der Waals surface area contributed by atoms with E-state index in [1.165, 1.54) is 0 Å². The smallest absolute Gasteiger partial charge is 0.237 e. The third kappa shape index (κ3) is 8.64. The minimum atomic E-state index is -6.07. The summed E-state index contributed by atoms with van der Waals surface area (Å²) in [6.45, 7) is 0.471. The molecule has 0 aromatic rings. The molecule has 0 heterocycles. The topological polar surface area (TPSA) is 86.7 Å². The molecular formula is C10H12F10O6S2. The van der Waals surface area contributed by atoms with Crippen LogP contribution in [0.2, 0.25) is 0 Å². The number of halogens is 10. The van der Waals surface area contributed by atoms with Crippen LogP contribution in [-0.2, 0) is 28.6 Å². The number of rotatable bonds is 10. The zero-order valence-corrected chi connectivity index (χ0v) is 15.1. The molecule has 0 aliphatic carbocycles. The van der Waals surface area contributed by atoms with Gasteiger partial charge in [0.2, 0.25) is 0 Å². The highest BCUT2D eigenvalue weighted by molar-refractivity contribution is 7.87. The molecule has 18 heteroatoms. The molecule has 0 saturated carbocycles. The Balaban J connectivity index is 4.84. The first-order valence-electron chi connectivity index (χ1n) is 6.72. The molecule has 0 radical (unpaired) electrons. The average Bonchev–Trinajstić information content (AvgIpc) is 2.40. The maximum absolute atomic E-state index is 12.6. The molecule has 6 nitrogen and oxygen atoms in total. The Kier molecular flexibility index (Phi) is 8.20. The van der Waals surface area contributed by atoms with Crippen molar-refractivity contribution in [2.75, 3.05) is 11.5 Å². The summed E-state index contributed by atoms with van der Waals surface area (Å²) in [5.74, 6) is -14.7. The monoisotopic (exact) mass is 482 g/mol. The van der Waals surface area contributed by atoms with Crippen molar-refractivity contribution in [3.8, 4) is 0 Å². The average molecular weight is 482 g/mol. The minimum absolute atomic E-state index is 0.471. The second-order valence-electron chi connectivity index (χ2n) is 5.19. The largest absolute Gasteiger partial charge is 0.453 e. The van der Waals surface area contributed by atoms with Crippen LogP contribution < -0.4 is 0 Å². The van der Waals surface area contributed by atoms with Gasteiger partial charge in [-0.3, -0.25) is 0 Å². The SMILES string of the molecule is CC(OS(=O)(=O)CCC(F)(F)C(F)(F)F)OS(=O)(=O)CCC(F)(F)C(F)(F)F. The Bertz CT molecular complexity index is 663. The Morgan fingerprint density at radius 3 is 1.11 bits per heavy atom. The highest BCUT2D eigenvalue weighted by atomic mass is 32.2. The molecule has 0 fully saturated rings. The van der Waals surface area contributed by atoms with E-state index < -0.39 is 75.1 Å². The fraction of sp³-hybridized carbons (Fsp3) is 1.00. The van der Waals surface area contributed by atoms with Gasteiger partial charge in [-0.2, -0.15) is 60.7 Å². The zero-order valence-electron chi connectivity index (χ0n) is 13.5. The molecule has 0 aromatic carbocycles. The third-order valence-corrected chi connectivity index (χ3v) is 5.26. The molecule has 0 saturated heterocycles. The van der Waals surface area contributed by atoms with Crippen molar-refractivity contribution >= 4 is 20.2 Å². The van der Waals surface area contributed by atoms with Gasteiger partial charge in [0.15, 0.2) is 6.29 Å². The fourth-order valence-electron chi connectivity index (χ4n) is 1.32. The molecule has 0 N–H and O–H groups in total. The van der Waals surface area contributed by atoms with Crippen LogP contribution in [0.25, 0.3) is 0 Å². The third-order valence-electron chi connectivity index (χ3n) is 2.73. The second kappa shape index (κ2) is 8.47. The lowest BCUT2D eigenvalue weighted by atomic mass is 10.2. The minimum Gasteiger partial charge on any atom is -0.237 e. The van der Waals surface area contributed by atoms with Crippen LogP contribution in [0.5, 0.6) is 0 Å². The molecule has 0 amide bonds. The first-order valence-corrected chi connectivity index (χ1v) is 9.88. The summed E-state index contributed by atoms with van der Waals surface area (Å²) < 4.78 is 175. The molecule has 0 bridgehead atoms. The van der Waals surface area contributed by atoms with E-state index in [2.05, 4.69) is 8.37 Å². The van der Waals surface area contributed by atoms with E-state index in [9.17, 15) is 60.7 Å². The summed E-state index contributed by atoms with van der Waals surface area (Å²) in [5.41, 5.74) is 0. The van der Waals surface area contributed by atoms with Gasteiger partial charge in [-0.25, -0.2) is 8.37 Å². The molecule has 0 atom stereocenters. The molecule has 0 aromatic heterocycles. The maximum Gasteiger partial charge on any atom is 0.453 e. The summed E-state index contributed by atoms with van der Waals surface area (Å²) in [5, 5.41) is 0. The van der Waals surface area contributed by atoms with Crippen LogP contribution in [0, 0.1) is 0 Å². The van der Waals surface area contributed by atoms with Crippen molar-refractivity contribution in [1.82, 2.24) is 0 Å². The van der Waals surface area contributed by atoms with Gasteiger partial charge >= 0.3 is 24.2 Å². The van der Waals surface area contributed by atoms with E-state index in [1.807, 2.05) is 0 Å². The lowest BCUT2D eigenvalue weighted by Crippen LogP contribution is -2.39. The van der Waals surface area contributed by atoms with Gasteiger partial charge < -0.3 is 0 Å². The maximum atomic E-state index is 12.6. The van der Waals surface area contributed by atoms with Crippen LogP contribution in [0.1, 0.15) is 19.8 Å². The van der Waals surface area contributed by atoms with E-state index in [0.717, 1.165) is 0 Å². The van der Waals surface area contributed by atoms with Gasteiger partial charge in [0.1, 0.15) is 0 Å². The molecule has 0 rings (SSSR count). The summed E-state index contributed by atoms with van der Waals surface area (Å²) in [6.07, 6.45) is -19.1. The normalized spacial score (nSPS) is 15.3. The Morgan fingerprint density at radius 1 is 0.643 bits per heavy atom. The van der Waals surface area contributed by atoms with Gasteiger partial charge in [0, 0.05) is 12.8 Å². The predicted molar refractivity (Wildman–Crippen MR) is 70.4 cm³/mol. The number of alkyl halides is 10. The van der Waals surface area contributed by atoms with Crippen molar-refractivity contribution in [1.29, 1.82) is 0 Å². The molecule has 0 aliphatic heterocycles. The van der Waals surface area contributed by atoms with Crippen LogP contribution in [-0.4, -0.2) is 58.8 Å². The quantitative estimate of drug-likeness (QED) is 0.270. The van der Waals surface area contributed by atoms with Crippen LogP contribution in [0.15, 0.2) is 0 Å². The Labute approximate surface area is 152 Å². The van der Waals surface area contributed by atoms with Crippen molar-refractivity contribution in [2.45, 2.75) is 50.3 Å². The van der Waals surface area contributed by atoms with Gasteiger partial charge in [-0.05, 0) is 6.92 Å². The molecule has 0 aliphatic rings. The molecule has 0 spiro atoms. The second-order valence-corrected chi connectivity index (χ2v) is 8.62. The summed E-state index contributed by atoms with van der Waals surface area (Å²) in [7, 11) is -10.4. The Morgan fingerprint density at radius 2 is 0.893 bits per heavy atom. The number of hydrogen-bond donors (Lipinski definition) is 0. The Hall–Kier alpha value is -0.880. The fourth-order valence-corrected chi connectivity index (χ4v) is 3.47. The summed E-state index contributed by atoms with van der Waals surface area (Å²) in [4.78, 5) is 0. The van der Waals surface area contributed by atoms with Crippen LogP contribution >= 0.6 is 0 Å². The van der Waals surface area contributed by atoms with Crippen molar-refractivity contribution in [3.05, 3.63) is 0 Å². The summed E-state index contributed by atoms with van der Waals surface area (Å²) >= 11 is 0. The van der Waals surface area contributed by atoms with Gasteiger partial charge in [0.25, 0.3) is 20.2 Å². The lowest BCUT2D eigenvalue weighted by molar-refractivity contribution is -0.282. The first-order chi connectivity index (χ1) is 12.0. The summed E-state index contributed by atoms with van der Waals surface area (Å²) in [6, 6.07) is 0. The predicted octanol–water partition coefficient (Wildman–Crippen LogP) is 3.20. The molecule has 170 valence electrons. The highest BCUT2D eigenvalue weighted by Gasteiger charge is 2.58. The van der Waals surface area contributed by atoms with Crippen molar-refractivity contribution < 1.29 is 69.1 Å². The zero-order chi connectivity index (χ0) is 22.8. The van der Waals surface area contributed by atoms with E-state index in [-0.39, 0.29) is 0 Å². The van der Waals surface area contributed by atoms with E-state index in [4.69, 9.17) is 0 Å². The highest BCUT2D eigenvalue weighted by Crippen LogP contribution is 2.39. The van der Waals surface area contributed by atoms with Crippen LogP contribution in [0.3, 0.4) is 0 Å². The van der Waals surface area contributed by atoms with Crippen LogP contribution in [0.4, 0.5) is 43.9 Å². The standard InChI is InChI=1S/C10H12F10O6S2/c1-6(25-27(21,22)4-2-7(11,12)9(15,16)17)26-28(23,24)5-3-8(13,14)10(18,19)20/h6H,2-5H2,1H3. The van der Waals surface area contributed by atoms with E-state index >= 15 is 0 Å². The van der Waals surface area contributed by atoms with E-state index in [1.54, 1.807) is 0 Å². The molecular weight excluding hydrogens is 470 g/mol. The van der Waals surface area contributed by atoms with E-state index in [0.29, 0.717) is 6.92 Å². The molecule has 28 heavy (non-hydrogen) atoms. The van der Waals surface area contributed by atoms with Gasteiger partial charge in [-0.15, -0.1) is 0 Å². The first kappa shape index (κ1) is 27.1. The van der Waals surface area contributed by atoms with Crippen molar-refractivity contribution in [2.24, 2.45) is 0 Å². The van der Waals surface area contributed by atoms with Crippen molar-refractivity contribution in [3.63, 3.8) is 0 Å². The van der Waals surface area contributed by atoms with Gasteiger partial charge in [-0.1, -0.05) is 0 Å². The lowest BCUT2D eigenvalue weighted by Gasteiger charge is -2.20. The molecule has 0 unspecified atom stereocenters.